The number of pyridine rings is 1. The number of aryl methyl sites for hydroxylation is 2. The van der Waals surface area contributed by atoms with Crippen molar-refractivity contribution in [1.82, 2.24) is 4.40 Å². The highest BCUT2D eigenvalue weighted by atomic mass is 16.3. The van der Waals surface area contributed by atoms with Crippen molar-refractivity contribution in [3.63, 3.8) is 0 Å². The molecule has 0 atom stereocenters. The van der Waals surface area contributed by atoms with E-state index in [-0.39, 0.29) is 0 Å². The van der Waals surface area contributed by atoms with E-state index >= 15 is 0 Å². The van der Waals surface area contributed by atoms with Gasteiger partial charge in [-0.2, -0.15) is 0 Å². The number of benzene rings is 5. The first-order valence-electron chi connectivity index (χ1n) is 13.0. The minimum Gasteiger partial charge on any atom is -0.456 e. The standard InChI is InChI=1S/C35H25NO/c1-3-22-10-4-6-12-24(22)27-17-31-28(16-21(27)2)29-18-30-26-14-8-9-15-33(26)37-34(30)19-32(29)36-20-23-11-5-7-13-25(23)35(31)36/h4-20H,3H2,1-2H3. The van der Waals surface area contributed by atoms with E-state index in [1.807, 2.05) is 6.07 Å². The van der Waals surface area contributed by atoms with Crippen LogP contribution in [0.5, 0.6) is 0 Å². The van der Waals surface area contributed by atoms with E-state index in [4.69, 9.17) is 4.42 Å². The minimum atomic E-state index is 0.928. The maximum Gasteiger partial charge on any atom is 0.137 e. The van der Waals surface area contributed by atoms with Crippen LogP contribution in [-0.4, -0.2) is 4.40 Å². The summed E-state index contributed by atoms with van der Waals surface area (Å²) in [5, 5.41) is 8.67. The molecule has 0 N–H and O–H groups in total. The molecule has 0 radical (unpaired) electrons. The van der Waals surface area contributed by atoms with Gasteiger partial charge in [0.2, 0.25) is 0 Å². The topological polar surface area (TPSA) is 17.6 Å². The smallest absolute Gasteiger partial charge is 0.137 e. The van der Waals surface area contributed by atoms with Gasteiger partial charge in [-0.25, -0.2) is 0 Å². The van der Waals surface area contributed by atoms with E-state index in [9.17, 15) is 0 Å². The Morgan fingerprint density at radius 1 is 0.622 bits per heavy atom. The molecule has 2 nitrogen and oxygen atoms in total. The van der Waals surface area contributed by atoms with Crippen LogP contribution in [0.4, 0.5) is 0 Å². The van der Waals surface area contributed by atoms with Gasteiger partial charge < -0.3 is 8.82 Å². The third-order valence-corrected chi connectivity index (χ3v) is 8.08. The summed E-state index contributed by atoms with van der Waals surface area (Å²) in [6.45, 7) is 4.49. The van der Waals surface area contributed by atoms with Crippen LogP contribution in [0.2, 0.25) is 0 Å². The van der Waals surface area contributed by atoms with Crippen molar-refractivity contribution < 1.29 is 4.42 Å². The second-order valence-electron chi connectivity index (χ2n) is 10.1. The number of aromatic nitrogens is 1. The molecule has 0 aliphatic carbocycles. The Bertz CT molecular complexity index is 2190. The van der Waals surface area contributed by atoms with Gasteiger partial charge in [-0.15, -0.1) is 0 Å². The molecule has 3 heterocycles. The number of rotatable bonds is 2. The van der Waals surface area contributed by atoms with Crippen molar-refractivity contribution in [3.8, 4) is 11.1 Å². The third-order valence-electron chi connectivity index (χ3n) is 8.08. The van der Waals surface area contributed by atoms with Crippen LogP contribution in [0.3, 0.4) is 0 Å². The average molecular weight is 476 g/mol. The lowest BCUT2D eigenvalue weighted by Gasteiger charge is -2.16. The van der Waals surface area contributed by atoms with Gasteiger partial charge in [0.15, 0.2) is 0 Å². The molecule has 8 rings (SSSR count). The lowest BCUT2D eigenvalue weighted by atomic mass is 9.91. The summed E-state index contributed by atoms with van der Waals surface area (Å²) in [7, 11) is 0. The van der Waals surface area contributed by atoms with Crippen molar-refractivity contribution >= 4 is 59.9 Å². The molecule has 0 saturated carbocycles. The second-order valence-corrected chi connectivity index (χ2v) is 10.1. The third kappa shape index (κ3) is 2.81. The van der Waals surface area contributed by atoms with Gasteiger partial charge in [-0.3, -0.25) is 0 Å². The normalized spacial score (nSPS) is 12.2. The van der Waals surface area contributed by atoms with Crippen LogP contribution < -0.4 is 0 Å². The number of hydrogen-bond acceptors (Lipinski definition) is 1. The fourth-order valence-corrected chi connectivity index (χ4v) is 6.31. The largest absolute Gasteiger partial charge is 0.456 e. The molecule has 8 aromatic rings. The summed E-state index contributed by atoms with van der Waals surface area (Å²) in [5.41, 5.74) is 9.61. The average Bonchev–Trinajstić information content (AvgIpc) is 3.50. The van der Waals surface area contributed by atoms with E-state index in [1.54, 1.807) is 0 Å². The van der Waals surface area contributed by atoms with Crippen LogP contribution in [0, 0.1) is 6.92 Å². The number of furan rings is 1. The van der Waals surface area contributed by atoms with Crippen LogP contribution in [0.25, 0.3) is 71.0 Å². The zero-order valence-corrected chi connectivity index (χ0v) is 20.9. The van der Waals surface area contributed by atoms with Crippen molar-refractivity contribution in [2.24, 2.45) is 0 Å². The summed E-state index contributed by atoms with van der Waals surface area (Å²) < 4.78 is 8.68. The maximum atomic E-state index is 6.31. The first kappa shape index (κ1) is 20.6. The van der Waals surface area contributed by atoms with E-state index in [1.165, 1.54) is 65.6 Å². The molecule has 37 heavy (non-hydrogen) atoms. The fourth-order valence-electron chi connectivity index (χ4n) is 6.31. The van der Waals surface area contributed by atoms with E-state index < -0.39 is 0 Å². The van der Waals surface area contributed by atoms with Crippen molar-refractivity contribution in [1.29, 1.82) is 0 Å². The fraction of sp³-hybridized carbons (Fsp3) is 0.0857. The molecule has 5 aromatic carbocycles. The number of fused-ring (bicyclic) bond motifs is 11. The molecule has 0 saturated heterocycles. The van der Waals surface area contributed by atoms with Crippen molar-refractivity contribution in [3.05, 3.63) is 114 Å². The molecule has 176 valence electrons. The molecule has 3 aromatic heterocycles. The first-order valence-corrected chi connectivity index (χ1v) is 13.0. The van der Waals surface area contributed by atoms with Crippen LogP contribution >= 0.6 is 0 Å². The van der Waals surface area contributed by atoms with Crippen molar-refractivity contribution in [2.75, 3.05) is 0 Å². The zero-order valence-electron chi connectivity index (χ0n) is 20.9. The molecular formula is C35H25NO. The molecule has 0 amide bonds. The van der Waals surface area contributed by atoms with Gasteiger partial charge >= 0.3 is 0 Å². The Morgan fingerprint density at radius 3 is 2.30 bits per heavy atom. The molecule has 0 bridgehead atoms. The lowest BCUT2D eigenvalue weighted by Crippen LogP contribution is -1.94. The van der Waals surface area contributed by atoms with Gasteiger partial charge in [0.25, 0.3) is 0 Å². The lowest BCUT2D eigenvalue weighted by molar-refractivity contribution is 0.669. The Kier molecular flexibility index (Phi) is 4.16. The van der Waals surface area contributed by atoms with Gasteiger partial charge in [-0.1, -0.05) is 79.7 Å². The summed E-state index contributed by atoms with van der Waals surface area (Å²) in [6, 6.07) is 35.3. The molecule has 2 heteroatoms. The summed E-state index contributed by atoms with van der Waals surface area (Å²) in [4.78, 5) is 0. The Hall–Kier alpha value is -4.56. The number of hydrogen-bond donors (Lipinski definition) is 0. The first-order chi connectivity index (χ1) is 18.2. The monoisotopic (exact) mass is 475 g/mol. The molecular weight excluding hydrogens is 450 g/mol. The van der Waals surface area contributed by atoms with E-state index in [2.05, 4.69) is 115 Å². The number of nitrogens with zero attached hydrogens (tertiary/aromatic N) is 1. The predicted molar refractivity (Wildman–Crippen MR) is 157 cm³/mol. The molecule has 0 aliphatic rings. The highest BCUT2D eigenvalue weighted by molar-refractivity contribution is 6.23. The van der Waals surface area contributed by atoms with Gasteiger partial charge in [0, 0.05) is 44.6 Å². The van der Waals surface area contributed by atoms with Crippen LogP contribution in [0.15, 0.2) is 108 Å². The highest BCUT2D eigenvalue weighted by Gasteiger charge is 2.18. The van der Waals surface area contributed by atoms with E-state index in [0.29, 0.717) is 0 Å². The van der Waals surface area contributed by atoms with Gasteiger partial charge in [0.1, 0.15) is 11.2 Å². The van der Waals surface area contributed by atoms with Crippen LogP contribution in [-0.2, 0) is 6.42 Å². The molecule has 0 aliphatic heterocycles. The molecule has 0 spiro atoms. The maximum absolute atomic E-state index is 6.31. The molecule has 0 unspecified atom stereocenters. The van der Waals surface area contributed by atoms with Gasteiger partial charge in [-0.05, 0) is 59.2 Å². The summed E-state index contributed by atoms with van der Waals surface area (Å²) >= 11 is 0. The minimum absolute atomic E-state index is 0.928. The van der Waals surface area contributed by atoms with Crippen molar-refractivity contribution in [2.45, 2.75) is 20.3 Å². The molecule has 0 fully saturated rings. The SMILES string of the molecule is CCc1ccccc1-c1cc2c(cc1C)c1cc3c(cc1n1cc4ccccc4c21)oc1ccccc13. The van der Waals surface area contributed by atoms with E-state index in [0.717, 1.165) is 23.0 Å². The second kappa shape index (κ2) is 7.47. The summed E-state index contributed by atoms with van der Waals surface area (Å²) in [5.74, 6) is 0. The Labute approximate surface area is 214 Å². The van der Waals surface area contributed by atoms with Gasteiger partial charge in [0.05, 0.1) is 11.0 Å². The summed E-state index contributed by atoms with van der Waals surface area (Å²) in [6.07, 6.45) is 3.29. The Morgan fingerprint density at radius 2 is 1.41 bits per heavy atom. The quantitative estimate of drug-likeness (QED) is 0.227. The Balaban J connectivity index is 1.61. The zero-order chi connectivity index (χ0) is 24.7. The van der Waals surface area contributed by atoms with Crippen LogP contribution in [0.1, 0.15) is 18.1 Å². The highest BCUT2D eigenvalue weighted by Crippen LogP contribution is 2.41. The predicted octanol–water partition coefficient (Wildman–Crippen LogP) is 9.84. The number of para-hydroxylation sites is 1.